The lowest BCUT2D eigenvalue weighted by atomic mass is 10.1. The van der Waals surface area contributed by atoms with Gasteiger partial charge < -0.3 is 5.32 Å². The number of nitrogens with zero attached hydrogens (tertiary/aromatic N) is 3. The first kappa shape index (κ1) is 19.0. The monoisotopic (exact) mass is 434 g/mol. The number of rotatable bonds is 3. The van der Waals surface area contributed by atoms with Gasteiger partial charge in [-0.1, -0.05) is 46.4 Å². The molecule has 2 heterocycles. The molecule has 1 aromatic heterocycles. The number of benzene rings is 1. The first-order valence-electron chi connectivity index (χ1n) is 7.16. The van der Waals surface area contributed by atoms with Gasteiger partial charge in [0.15, 0.2) is 0 Å². The maximum atomic E-state index is 12.6. The molecule has 0 radical (unpaired) electrons. The summed E-state index contributed by atoms with van der Waals surface area (Å²) in [6, 6.07) is 1.65. The molecule has 3 rings (SSSR count). The predicted molar refractivity (Wildman–Crippen MR) is 98.4 cm³/mol. The lowest BCUT2D eigenvalue weighted by Crippen LogP contribution is -2.37. The van der Waals surface area contributed by atoms with E-state index in [1.807, 2.05) is 0 Å². The van der Waals surface area contributed by atoms with Crippen molar-refractivity contribution in [1.82, 2.24) is 14.7 Å². The highest BCUT2D eigenvalue weighted by Gasteiger charge is 2.42. The summed E-state index contributed by atoms with van der Waals surface area (Å²) in [5, 5.41) is 6.04. The molecule has 0 fully saturated rings. The number of imide groups is 1. The van der Waals surface area contributed by atoms with Crippen LogP contribution in [0.2, 0.25) is 20.1 Å². The molecular weight excluding hydrogens is 426 g/mol. The first-order chi connectivity index (χ1) is 12.1. The van der Waals surface area contributed by atoms with Gasteiger partial charge in [0.1, 0.15) is 12.4 Å². The zero-order valence-corrected chi connectivity index (χ0v) is 16.4. The molecule has 7 nitrogen and oxygen atoms in total. The molecule has 0 bridgehead atoms. The van der Waals surface area contributed by atoms with Crippen LogP contribution in [0.5, 0.6) is 0 Å². The number of nitrogens with one attached hydrogen (secondary N) is 1. The summed E-state index contributed by atoms with van der Waals surface area (Å²) >= 11 is 24.0. The second-order valence-corrected chi connectivity index (χ2v) is 7.06. The van der Waals surface area contributed by atoms with Crippen LogP contribution < -0.4 is 5.32 Å². The number of amides is 3. The molecule has 0 saturated carbocycles. The Morgan fingerprint density at radius 1 is 1.04 bits per heavy atom. The van der Waals surface area contributed by atoms with Crippen molar-refractivity contribution < 1.29 is 14.4 Å². The number of hydrogen-bond donors (Lipinski definition) is 1. The largest absolute Gasteiger partial charge is 0.309 e. The van der Waals surface area contributed by atoms with E-state index >= 15 is 0 Å². The van der Waals surface area contributed by atoms with E-state index < -0.39 is 24.3 Å². The molecule has 3 amide bonds. The highest BCUT2D eigenvalue weighted by molar-refractivity contribution is 6.55. The Bertz CT molecular complexity index is 939. The summed E-state index contributed by atoms with van der Waals surface area (Å²) in [7, 11) is 1.65. The quantitative estimate of drug-likeness (QED) is 0.453. The highest BCUT2D eigenvalue weighted by Crippen LogP contribution is 2.44. The van der Waals surface area contributed by atoms with Crippen molar-refractivity contribution in [2.45, 2.75) is 6.92 Å². The summed E-state index contributed by atoms with van der Waals surface area (Å²) in [5.41, 5.74) is 0.367. The lowest BCUT2D eigenvalue weighted by Gasteiger charge is -2.13. The number of carbonyl (C=O) groups is 3. The van der Waals surface area contributed by atoms with E-state index in [2.05, 4.69) is 10.4 Å². The Hall–Kier alpha value is -1.80. The van der Waals surface area contributed by atoms with E-state index in [0.717, 1.165) is 4.90 Å². The van der Waals surface area contributed by atoms with E-state index in [1.165, 1.54) is 4.68 Å². The van der Waals surface area contributed by atoms with E-state index in [9.17, 15) is 14.4 Å². The normalized spacial score (nSPS) is 13.4. The molecule has 11 heteroatoms. The van der Waals surface area contributed by atoms with Gasteiger partial charge in [0.25, 0.3) is 11.8 Å². The zero-order valence-electron chi connectivity index (χ0n) is 13.4. The average Bonchev–Trinajstić information content (AvgIpc) is 3.01. The van der Waals surface area contributed by atoms with Crippen LogP contribution in [-0.4, -0.2) is 38.9 Å². The third-order valence-electron chi connectivity index (χ3n) is 3.76. The van der Waals surface area contributed by atoms with Crippen LogP contribution in [0.3, 0.4) is 0 Å². The first-order valence-corrected chi connectivity index (χ1v) is 8.67. The molecule has 0 saturated heterocycles. The molecule has 0 spiro atoms. The van der Waals surface area contributed by atoms with Crippen molar-refractivity contribution >= 4 is 69.9 Å². The predicted octanol–water partition coefficient (Wildman–Crippen LogP) is 3.58. The summed E-state index contributed by atoms with van der Waals surface area (Å²) in [5.74, 6) is -1.71. The summed E-state index contributed by atoms with van der Waals surface area (Å²) < 4.78 is 1.46. The standard InChI is InChI=1S/C15H10Cl4N4O3/c1-5-3-6(22(2)21-5)20-7(24)4-23-14(25)8-9(15(23)26)11(17)13(19)12(18)10(8)16/h3H,4H2,1-2H3,(H,20,24). The maximum Gasteiger partial charge on any atom is 0.263 e. The molecule has 0 unspecified atom stereocenters. The second kappa shape index (κ2) is 6.74. The molecule has 0 aliphatic carbocycles. The fourth-order valence-electron chi connectivity index (χ4n) is 2.59. The van der Waals surface area contributed by atoms with Crippen LogP contribution in [-0.2, 0) is 11.8 Å². The summed E-state index contributed by atoms with van der Waals surface area (Å²) in [6.45, 7) is 1.23. The number of carbonyl (C=O) groups excluding carboxylic acids is 3. The Balaban J connectivity index is 1.89. The van der Waals surface area contributed by atoms with Crippen molar-refractivity contribution in [2.24, 2.45) is 7.05 Å². The van der Waals surface area contributed by atoms with Crippen LogP contribution in [0.1, 0.15) is 26.4 Å². The zero-order chi connectivity index (χ0) is 19.3. The van der Waals surface area contributed by atoms with Crippen LogP contribution in [0, 0.1) is 6.92 Å². The van der Waals surface area contributed by atoms with Crippen molar-refractivity contribution in [1.29, 1.82) is 0 Å². The van der Waals surface area contributed by atoms with Gasteiger partial charge in [-0.25, -0.2) is 0 Å². The minimum atomic E-state index is -0.771. The molecule has 1 N–H and O–H groups in total. The SMILES string of the molecule is Cc1cc(NC(=O)CN2C(=O)c3c(Cl)c(Cl)c(Cl)c(Cl)c3C2=O)n(C)n1. The molecule has 26 heavy (non-hydrogen) atoms. The van der Waals surface area contributed by atoms with Crippen molar-refractivity contribution in [3.8, 4) is 0 Å². The van der Waals surface area contributed by atoms with E-state index in [0.29, 0.717) is 11.5 Å². The van der Waals surface area contributed by atoms with E-state index in [-0.39, 0.29) is 31.2 Å². The summed E-state index contributed by atoms with van der Waals surface area (Å²) in [4.78, 5) is 38.1. The van der Waals surface area contributed by atoms with Gasteiger partial charge in [0, 0.05) is 13.1 Å². The molecule has 0 atom stereocenters. The smallest absolute Gasteiger partial charge is 0.263 e. The number of aryl methyl sites for hydroxylation is 2. The van der Waals surface area contributed by atoms with Crippen LogP contribution in [0.4, 0.5) is 5.82 Å². The molecular formula is C15H10Cl4N4O3. The van der Waals surface area contributed by atoms with Crippen LogP contribution in [0.25, 0.3) is 0 Å². The van der Waals surface area contributed by atoms with Gasteiger partial charge >= 0.3 is 0 Å². The number of aromatic nitrogens is 2. The Labute approximate surface area is 167 Å². The number of anilines is 1. The maximum absolute atomic E-state index is 12.6. The number of fused-ring (bicyclic) bond motifs is 1. The number of halogens is 4. The second-order valence-electron chi connectivity index (χ2n) is 5.55. The third kappa shape index (κ3) is 2.95. The van der Waals surface area contributed by atoms with Gasteiger partial charge in [-0.3, -0.25) is 24.0 Å². The number of hydrogen-bond acceptors (Lipinski definition) is 4. The fourth-order valence-corrected chi connectivity index (χ4v) is 3.61. The van der Waals surface area contributed by atoms with Crippen molar-refractivity contribution in [3.63, 3.8) is 0 Å². The summed E-state index contributed by atoms with van der Waals surface area (Å²) in [6.07, 6.45) is 0. The minimum Gasteiger partial charge on any atom is -0.309 e. The Kier molecular flexibility index (Phi) is 4.92. The minimum absolute atomic E-state index is 0.130. The van der Waals surface area contributed by atoms with Gasteiger partial charge in [-0.05, 0) is 6.92 Å². The van der Waals surface area contributed by atoms with E-state index in [4.69, 9.17) is 46.4 Å². The average molecular weight is 436 g/mol. The Morgan fingerprint density at radius 3 is 1.96 bits per heavy atom. The van der Waals surface area contributed by atoms with Crippen molar-refractivity contribution in [3.05, 3.63) is 43.0 Å². The highest BCUT2D eigenvalue weighted by atomic mass is 35.5. The molecule has 1 aromatic carbocycles. The molecule has 1 aliphatic rings. The molecule has 2 aromatic rings. The Morgan fingerprint density at radius 2 is 1.54 bits per heavy atom. The lowest BCUT2D eigenvalue weighted by molar-refractivity contribution is -0.116. The van der Waals surface area contributed by atoms with Crippen LogP contribution >= 0.6 is 46.4 Å². The van der Waals surface area contributed by atoms with Gasteiger partial charge in [-0.15, -0.1) is 0 Å². The van der Waals surface area contributed by atoms with Gasteiger partial charge in [-0.2, -0.15) is 5.10 Å². The van der Waals surface area contributed by atoms with Gasteiger partial charge in [0.05, 0.1) is 36.9 Å². The molecule has 136 valence electrons. The van der Waals surface area contributed by atoms with E-state index in [1.54, 1.807) is 20.0 Å². The molecule has 1 aliphatic heterocycles. The fraction of sp³-hybridized carbons (Fsp3) is 0.200. The van der Waals surface area contributed by atoms with Crippen molar-refractivity contribution in [2.75, 3.05) is 11.9 Å². The van der Waals surface area contributed by atoms with Crippen LogP contribution in [0.15, 0.2) is 6.07 Å². The van der Waals surface area contributed by atoms with Gasteiger partial charge in [0.2, 0.25) is 5.91 Å². The topological polar surface area (TPSA) is 84.3 Å². The third-order valence-corrected chi connectivity index (χ3v) is 5.56.